The average molecular weight is 496 g/mol. The summed E-state index contributed by atoms with van der Waals surface area (Å²) in [4.78, 5) is 17.3. The van der Waals surface area contributed by atoms with Crippen LogP contribution >= 0.6 is 0 Å². The van der Waals surface area contributed by atoms with E-state index in [0.717, 1.165) is 0 Å². The van der Waals surface area contributed by atoms with Crippen LogP contribution in [0.4, 0.5) is 27.9 Å². The van der Waals surface area contributed by atoms with Crippen LogP contribution in [0.3, 0.4) is 0 Å². The van der Waals surface area contributed by atoms with Gasteiger partial charge < -0.3 is 9.88 Å². The van der Waals surface area contributed by atoms with E-state index in [0.29, 0.717) is 41.4 Å². The third kappa shape index (κ3) is 5.01. The lowest BCUT2D eigenvalue weighted by atomic mass is 9.93. The Labute approximate surface area is 195 Å². The average Bonchev–Trinajstić information content (AvgIpc) is 3.34. The second-order valence-corrected chi connectivity index (χ2v) is 8.39. The lowest BCUT2D eigenvalue weighted by molar-refractivity contribution is -0.345. The highest BCUT2D eigenvalue weighted by Gasteiger charge is 2.35. The lowest BCUT2D eigenvalue weighted by Gasteiger charge is -2.29. The molecular formula is C21H21F5N8O. The van der Waals surface area contributed by atoms with Crippen molar-refractivity contribution in [3.63, 3.8) is 0 Å². The first-order valence-corrected chi connectivity index (χ1v) is 11.0. The maximum atomic E-state index is 13.0. The van der Waals surface area contributed by atoms with Crippen molar-refractivity contribution in [2.75, 3.05) is 5.32 Å². The minimum atomic E-state index is -4.62. The topological polar surface area (TPSA) is 95.1 Å². The molecule has 0 spiro atoms. The van der Waals surface area contributed by atoms with Crippen LogP contribution in [0.2, 0.25) is 0 Å². The summed E-state index contributed by atoms with van der Waals surface area (Å²) in [5, 5.41) is 7.60. The second kappa shape index (κ2) is 8.98. The van der Waals surface area contributed by atoms with Gasteiger partial charge in [0.25, 0.3) is 6.43 Å². The van der Waals surface area contributed by atoms with Crippen LogP contribution < -0.4 is 5.32 Å². The number of anilines is 1. The van der Waals surface area contributed by atoms with Gasteiger partial charge in [0.05, 0.1) is 36.3 Å². The van der Waals surface area contributed by atoms with Crippen molar-refractivity contribution in [1.82, 2.24) is 34.1 Å². The smallest absolute Gasteiger partial charge is 0.350 e. The Hall–Kier alpha value is -3.42. The van der Waals surface area contributed by atoms with Gasteiger partial charge >= 0.3 is 6.36 Å². The summed E-state index contributed by atoms with van der Waals surface area (Å²) >= 11 is 0. The highest BCUT2D eigenvalue weighted by molar-refractivity contribution is 5.80. The monoisotopic (exact) mass is 496 g/mol. The maximum absolute atomic E-state index is 13.0. The number of nitrogens with zero attached hydrogens (tertiary/aromatic N) is 7. The number of hydrogen-bond acceptors (Lipinski definition) is 7. The molecular weight excluding hydrogens is 475 g/mol. The molecule has 0 bridgehead atoms. The summed E-state index contributed by atoms with van der Waals surface area (Å²) in [5.74, 6) is 0.740. The second-order valence-electron chi connectivity index (χ2n) is 8.39. The molecule has 4 aromatic heterocycles. The van der Waals surface area contributed by atoms with Crippen molar-refractivity contribution in [2.45, 2.75) is 64.1 Å². The largest absolute Gasteiger partial charge is 0.522 e. The van der Waals surface area contributed by atoms with Gasteiger partial charge in [-0.05, 0) is 38.7 Å². The van der Waals surface area contributed by atoms with E-state index >= 15 is 0 Å². The van der Waals surface area contributed by atoms with Crippen LogP contribution in [0.1, 0.15) is 31.5 Å². The van der Waals surface area contributed by atoms with Crippen LogP contribution in [0.25, 0.3) is 28.1 Å². The summed E-state index contributed by atoms with van der Waals surface area (Å²) in [6, 6.07) is 1.70. The summed E-state index contributed by atoms with van der Waals surface area (Å²) < 4.78 is 70.3. The Kier molecular flexibility index (Phi) is 5.99. The third-order valence-electron chi connectivity index (χ3n) is 5.97. The zero-order valence-corrected chi connectivity index (χ0v) is 18.5. The van der Waals surface area contributed by atoms with Crippen molar-refractivity contribution in [1.29, 1.82) is 0 Å². The van der Waals surface area contributed by atoms with E-state index in [2.05, 4.69) is 35.1 Å². The molecule has 14 heteroatoms. The summed E-state index contributed by atoms with van der Waals surface area (Å²) in [5.41, 5.74) is 2.31. The number of nitrogens with one attached hydrogen (secondary N) is 1. The Morgan fingerprint density at radius 3 is 2.60 bits per heavy atom. The Morgan fingerprint density at radius 2 is 1.89 bits per heavy atom. The van der Waals surface area contributed by atoms with Gasteiger partial charge in [-0.15, -0.1) is 18.3 Å². The lowest BCUT2D eigenvalue weighted by Crippen LogP contribution is -2.33. The number of aryl methyl sites for hydroxylation is 1. The van der Waals surface area contributed by atoms with Gasteiger partial charge in [0, 0.05) is 17.8 Å². The molecule has 4 aromatic rings. The third-order valence-corrected chi connectivity index (χ3v) is 5.97. The van der Waals surface area contributed by atoms with Crippen LogP contribution in [0, 0.1) is 6.92 Å². The fourth-order valence-electron chi connectivity index (χ4n) is 4.37. The molecule has 186 valence electrons. The van der Waals surface area contributed by atoms with E-state index in [9.17, 15) is 22.0 Å². The summed E-state index contributed by atoms with van der Waals surface area (Å²) in [6.45, 7) is 1.09. The van der Waals surface area contributed by atoms with E-state index in [1.807, 2.05) is 0 Å². The summed E-state index contributed by atoms with van der Waals surface area (Å²) in [6.07, 6.45) is -1.62. The standard InChI is InChI=1S/C21H21F5N8O/c1-11-29-18-19(33(11)10-17(22)23)31-15(8-27-18)14-6-7-34-16(14)9-28-20(32-34)30-12-2-4-13(5-3-12)35-21(24,25)26/h6-9,12-13,17H,2-5,10H2,1H3,(H,30,32). The Bertz CT molecular complexity index is 1340. The molecule has 0 unspecified atom stereocenters. The molecule has 4 heterocycles. The molecule has 0 aliphatic heterocycles. The zero-order valence-electron chi connectivity index (χ0n) is 18.5. The number of imidazole rings is 1. The van der Waals surface area contributed by atoms with Crippen molar-refractivity contribution in [2.24, 2.45) is 0 Å². The van der Waals surface area contributed by atoms with Gasteiger partial charge in [0.15, 0.2) is 11.3 Å². The fourth-order valence-corrected chi connectivity index (χ4v) is 4.37. The molecule has 1 N–H and O–H groups in total. The molecule has 0 amide bonds. The molecule has 0 atom stereocenters. The van der Waals surface area contributed by atoms with E-state index < -0.39 is 25.4 Å². The molecule has 0 aromatic carbocycles. The molecule has 0 saturated heterocycles. The highest BCUT2D eigenvalue weighted by atomic mass is 19.4. The van der Waals surface area contributed by atoms with E-state index in [1.165, 1.54) is 10.8 Å². The fraction of sp³-hybridized carbons (Fsp3) is 0.476. The molecule has 0 radical (unpaired) electrons. The number of fused-ring (bicyclic) bond motifs is 2. The van der Waals surface area contributed by atoms with E-state index in [1.54, 1.807) is 29.9 Å². The molecule has 5 rings (SSSR count). The highest BCUT2D eigenvalue weighted by Crippen LogP contribution is 2.29. The molecule has 1 aliphatic carbocycles. The van der Waals surface area contributed by atoms with Gasteiger partial charge in [-0.2, -0.15) is 0 Å². The molecule has 9 nitrogen and oxygen atoms in total. The minimum Gasteiger partial charge on any atom is -0.350 e. The molecule has 1 saturated carbocycles. The van der Waals surface area contributed by atoms with Gasteiger partial charge in [-0.25, -0.2) is 33.2 Å². The van der Waals surface area contributed by atoms with E-state index in [4.69, 9.17) is 0 Å². The molecule has 1 fully saturated rings. The van der Waals surface area contributed by atoms with E-state index in [-0.39, 0.29) is 30.2 Å². The first-order valence-electron chi connectivity index (χ1n) is 11.0. The maximum Gasteiger partial charge on any atom is 0.522 e. The zero-order chi connectivity index (χ0) is 24.7. The van der Waals surface area contributed by atoms with Crippen LogP contribution in [-0.4, -0.2) is 59.1 Å². The summed E-state index contributed by atoms with van der Waals surface area (Å²) in [7, 11) is 0. The van der Waals surface area contributed by atoms with Gasteiger partial charge in [-0.1, -0.05) is 0 Å². The van der Waals surface area contributed by atoms with Gasteiger partial charge in [0.2, 0.25) is 5.95 Å². The van der Waals surface area contributed by atoms with Gasteiger partial charge in [0.1, 0.15) is 5.82 Å². The Balaban J connectivity index is 1.34. The number of aromatic nitrogens is 7. The predicted molar refractivity (Wildman–Crippen MR) is 115 cm³/mol. The number of halogens is 5. The van der Waals surface area contributed by atoms with Crippen LogP contribution in [-0.2, 0) is 11.3 Å². The first-order chi connectivity index (χ1) is 16.7. The number of alkyl halides is 5. The van der Waals surface area contributed by atoms with Crippen LogP contribution in [0.15, 0.2) is 24.7 Å². The quantitative estimate of drug-likeness (QED) is 0.396. The normalized spacial score (nSPS) is 19.2. The van der Waals surface area contributed by atoms with Crippen molar-refractivity contribution < 1.29 is 26.7 Å². The SMILES string of the molecule is Cc1nc2ncc(-c3ccn4nc(NC5CCC(OC(F)(F)F)CC5)ncc34)nc2n1CC(F)F. The first kappa shape index (κ1) is 23.3. The number of rotatable bonds is 6. The van der Waals surface area contributed by atoms with Gasteiger partial charge in [-0.3, -0.25) is 4.74 Å². The van der Waals surface area contributed by atoms with Crippen LogP contribution in [0.5, 0.6) is 0 Å². The molecule has 1 aliphatic rings. The minimum absolute atomic E-state index is 0.0674. The predicted octanol–water partition coefficient (Wildman–Crippen LogP) is 4.37. The molecule has 35 heavy (non-hydrogen) atoms. The Morgan fingerprint density at radius 1 is 1.11 bits per heavy atom. The van der Waals surface area contributed by atoms with Crippen molar-refractivity contribution in [3.8, 4) is 11.3 Å². The van der Waals surface area contributed by atoms with Crippen molar-refractivity contribution in [3.05, 3.63) is 30.5 Å². The number of hydrogen-bond donors (Lipinski definition) is 1. The van der Waals surface area contributed by atoms with Crippen molar-refractivity contribution >= 4 is 22.8 Å². The number of ether oxygens (including phenoxy) is 1.